The summed E-state index contributed by atoms with van der Waals surface area (Å²) in [5.41, 5.74) is 14.2. The zero-order valence-electron chi connectivity index (χ0n) is 31.0. The molecule has 0 amide bonds. The van der Waals surface area contributed by atoms with Crippen molar-refractivity contribution in [3.63, 3.8) is 0 Å². The summed E-state index contributed by atoms with van der Waals surface area (Å²) in [6, 6.07) is 76.2. The smallest absolute Gasteiger partial charge is 0.159 e. The van der Waals surface area contributed by atoms with Crippen LogP contribution in [0.25, 0.3) is 86.6 Å². The first-order valence-corrected chi connectivity index (χ1v) is 20.1. The molecule has 9 aromatic carbocycles. The lowest BCUT2D eigenvalue weighted by molar-refractivity contribution is 0.670. The van der Waals surface area contributed by atoms with Gasteiger partial charge in [-0.1, -0.05) is 164 Å². The summed E-state index contributed by atoms with van der Waals surface area (Å²) in [4.78, 5) is 2.32. The minimum absolute atomic E-state index is 0.858. The van der Waals surface area contributed by atoms with Gasteiger partial charge in [-0.25, -0.2) is 0 Å². The summed E-state index contributed by atoms with van der Waals surface area (Å²) in [5.74, 6) is 0. The molecule has 57 heavy (non-hydrogen) atoms. The monoisotopic (exact) mass is 745 g/mol. The third-order valence-corrected chi connectivity index (χ3v) is 12.3. The number of benzene rings is 9. The van der Waals surface area contributed by atoms with Gasteiger partial charge in [0.25, 0.3) is 0 Å². The lowest BCUT2D eigenvalue weighted by Crippen LogP contribution is -2.10. The Hall–Kier alpha value is -7.20. The van der Waals surface area contributed by atoms with Crippen LogP contribution in [-0.2, 0) is 0 Å². The molecule has 0 unspecified atom stereocenters. The van der Waals surface area contributed by atoms with Crippen LogP contribution in [0.15, 0.2) is 217 Å². The molecule has 268 valence electrons. The number of para-hydroxylation sites is 2. The van der Waals surface area contributed by atoms with E-state index in [4.69, 9.17) is 4.42 Å². The molecule has 11 aromatic rings. The number of hydrogen-bond donors (Lipinski definition) is 0. The highest BCUT2D eigenvalue weighted by molar-refractivity contribution is 7.25. The van der Waals surface area contributed by atoms with Gasteiger partial charge in [-0.3, -0.25) is 0 Å². The summed E-state index contributed by atoms with van der Waals surface area (Å²) in [6.07, 6.45) is 0. The van der Waals surface area contributed by atoms with Gasteiger partial charge in [0.1, 0.15) is 5.58 Å². The number of nitrogens with zero attached hydrogens (tertiary/aromatic N) is 1. The third-order valence-electron chi connectivity index (χ3n) is 11.1. The van der Waals surface area contributed by atoms with Crippen LogP contribution in [0, 0.1) is 0 Å². The van der Waals surface area contributed by atoms with Gasteiger partial charge in [-0.15, -0.1) is 11.3 Å². The average Bonchev–Trinajstić information content (AvgIpc) is 3.86. The molecule has 0 fully saturated rings. The van der Waals surface area contributed by atoms with E-state index < -0.39 is 0 Å². The van der Waals surface area contributed by atoms with Crippen molar-refractivity contribution in [2.45, 2.75) is 0 Å². The van der Waals surface area contributed by atoms with Crippen LogP contribution in [0.3, 0.4) is 0 Å². The molecule has 0 aliphatic heterocycles. The van der Waals surface area contributed by atoms with Crippen molar-refractivity contribution >= 4 is 70.5 Å². The van der Waals surface area contributed by atoms with Crippen molar-refractivity contribution in [3.8, 4) is 44.5 Å². The molecule has 11 rings (SSSR count). The number of rotatable bonds is 7. The topological polar surface area (TPSA) is 16.4 Å². The van der Waals surface area contributed by atoms with Gasteiger partial charge >= 0.3 is 0 Å². The van der Waals surface area contributed by atoms with Crippen molar-refractivity contribution in [1.29, 1.82) is 0 Å². The molecule has 2 heterocycles. The molecule has 0 atom stereocenters. The largest absolute Gasteiger partial charge is 0.453 e. The first kappa shape index (κ1) is 33.2. The minimum Gasteiger partial charge on any atom is -0.453 e. The fraction of sp³-hybridized carbons (Fsp3) is 0. The van der Waals surface area contributed by atoms with Crippen molar-refractivity contribution in [3.05, 3.63) is 212 Å². The Morgan fingerprint density at radius 3 is 1.46 bits per heavy atom. The molecular formula is C54H35NOS. The SMILES string of the molecule is c1ccc(-c2ccc(N(c3ccc(-c4ccc(-c5ccc6sc7ccccc7c6c5)cc4)cc3)c3cccc4c3oc3c(-c5ccccc5)cccc34)cc2)cc1. The summed E-state index contributed by atoms with van der Waals surface area (Å²) in [6.45, 7) is 0. The molecule has 0 saturated heterocycles. The van der Waals surface area contributed by atoms with E-state index in [0.717, 1.165) is 50.1 Å². The van der Waals surface area contributed by atoms with Gasteiger partial charge in [0, 0.05) is 47.9 Å². The maximum Gasteiger partial charge on any atom is 0.159 e. The lowest BCUT2D eigenvalue weighted by Gasteiger charge is -2.26. The van der Waals surface area contributed by atoms with Gasteiger partial charge in [0.2, 0.25) is 0 Å². The predicted molar refractivity (Wildman–Crippen MR) is 243 cm³/mol. The van der Waals surface area contributed by atoms with Crippen LogP contribution < -0.4 is 4.90 Å². The lowest BCUT2D eigenvalue weighted by atomic mass is 9.99. The maximum absolute atomic E-state index is 6.93. The molecule has 0 aliphatic carbocycles. The minimum atomic E-state index is 0.858. The average molecular weight is 746 g/mol. The summed E-state index contributed by atoms with van der Waals surface area (Å²) >= 11 is 1.86. The number of anilines is 3. The van der Waals surface area contributed by atoms with Crippen LogP contribution in [-0.4, -0.2) is 0 Å². The molecule has 3 heteroatoms. The van der Waals surface area contributed by atoms with Crippen LogP contribution >= 0.6 is 11.3 Å². The van der Waals surface area contributed by atoms with Crippen molar-refractivity contribution in [2.75, 3.05) is 4.90 Å². The molecule has 0 saturated carbocycles. The van der Waals surface area contributed by atoms with Crippen LogP contribution in [0.4, 0.5) is 17.1 Å². The highest BCUT2D eigenvalue weighted by Gasteiger charge is 2.21. The molecule has 0 spiro atoms. The first-order valence-electron chi connectivity index (χ1n) is 19.3. The molecule has 0 aliphatic rings. The highest BCUT2D eigenvalue weighted by Crippen LogP contribution is 2.45. The Bertz CT molecular complexity index is 3200. The van der Waals surface area contributed by atoms with E-state index in [-0.39, 0.29) is 0 Å². The van der Waals surface area contributed by atoms with Crippen molar-refractivity contribution < 1.29 is 4.42 Å². The second-order valence-corrected chi connectivity index (χ2v) is 15.6. The Morgan fingerprint density at radius 2 is 0.789 bits per heavy atom. The quantitative estimate of drug-likeness (QED) is 0.162. The molecule has 2 nitrogen and oxygen atoms in total. The third kappa shape index (κ3) is 5.88. The van der Waals surface area contributed by atoms with E-state index in [9.17, 15) is 0 Å². The number of thiophene rings is 1. The second kappa shape index (κ2) is 13.8. The summed E-state index contributed by atoms with van der Waals surface area (Å²) in [7, 11) is 0. The fourth-order valence-electron chi connectivity index (χ4n) is 8.25. The Labute approximate surface area is 335 Å². The molecule has 0 N–H and O–H groups in total. The first-order chi connectivity index (χ1) is 28.2. The van der Waals surface area contributed by atoms with Gasteiger partial charge in [-0.05, 0) is 87.5 Å². The standard InChI is InChI=1S/C54H35NOS/c1-3-11-36(12-4-1)38-25-30-43(31-26-38)55(50-19-10-18-48-47-17-9-16-45(53(47)56-54(48)50)41-13-5-2-6-14-41)44-32-27-39(28-33-44)37-21-23-40(24-22-37)42-29-34-52-49(35-42)46-15-7-8-20-51(46)57-52/h1-35H. The zero-order valence-corrected chi connectivity index (χ0v) is 31.8. The molecular weight excluding hydrogens is 711 g/mol. The highest BCUT2D eigenvalue weighted by atomic mass is 32.1. The van der Waals surface area contributed by atoms with Gasteiger partial charge in [0.15, 0.2) is 5.58 Å². The zero-order chi connectivity index (χ0) is 37.7. The molecule has 2 aromatic heterocycles. The maximum atomic E-state index is 6.93. The van der Waals surface area contributed by atoms with Crippen LogP contribution in [0.2, 0.25) is 0 Å². The second-order valence-electron chi connectivity index (χ2n) is 14.5. The Morgan fingerprint density at radius 1 is 0.316 bits per heavy atom. The van der Waals surface area contributed by atoms with E-state index in [0.29, 0.717) is 0 Å². The Kier molecular flexibility index (Phi) is 8.04. The fourth-order valence-corrected chi connectivity index (χ4v) is 9.34. The van der Waals surface area contributed by atoms with Crippen molar-refractivity contribution in [2.24, 2.45) is 0 Å². The van der Waals surface area contributed by atoms with Crippen LogP contribution in [0.1, 0.15) is 0 Å². The number of furan rings is 1. The molecule has 0 radical (unpaired) electrons. The Balaban J connectivity index is 0.983. The predicted octanol–water partition coefficient (Wildman–Crippen LogP) is 16.1. The van der Waals surface area contributed by atoms with Gasteiger partial charge < -0.3 is 9.32 Å². The van der Waals surface area contributed by atoms with E-state index in [2.05, 4.69) is 217 Å². The van der Waals surface area contributed by atoms with E-state index in [1.54, 1.807) is 0 Å². The van der Waals surface area contributed by atoms with Crippen molar-refractivity contribution in [1.82, 2.24) is 0 Å². The molecule has 0 bridgehead atoms. The summed E-state index contributed by atoms with van der Waals surface area (Å²) in [5, 5.41) is 4.84. The summed E-state index contributed by atoms with van der Waals surface area (Å²) < 4.78 is 9.58. The van der Waals surface area contributed by atoms with Gasteiger partial charge in [-0.2, -0.15) is 0 Å². The van der Waals surface area contributed by atoms with Gasteiger partial charge in [0.05, 0.1) is 5.69 Å². The normalized spacial score (nSPS) is 11.5. The van der Waals surface area contributed by atoms with Crippen LogP contribution in [0.5, 0.6) is 0 Å². The van der Waals surface area contributed by atoms with E-state index in [1.165, 1.54) is 53.6 Å². The number of fused-ring (bicyclic) bond motifs is 6. The van der Waals surface area contributed by atoms with E-state index in [1.807, 2.05) is 11.3 Å². The number of hydrogen-bond acceptors (Lipinski definition) is 3. The van der Waals surface area contributed by atoms with E-state index >= 15 is 0 Å².